The van der Waals surface area contributed by atoms with Crippen LogP contribution < -0.4 is 10.1 Å². The number of nitrogens with zero attached hydrogens (tertiary/aromatic N) is 2. The van der Waals surface area contributed by atoms with Crippen LogP contribution in [0.4, 0.5) is 5.69 Å². The molecule has 0 aliphatic heterocycles. The van der Waals surface area contributed by atoms with Gasteiger partial charge in [-0.2, -0.15) is 5.10 Å². The second-order valence-electron chi connectivity index (χ2n) is 5.88. The van der Waals surface area contributed by atoms with Gasteiger partial charge in [0.15, 0.2) is 0 Å². The molecular formula is C20H20BrN3O2. The van der Waals surface area contributed by atoms with Crippen LogP contribution in [0, 0.1) is 0 Å². The highest BCUT2D eigenvalue weighted by molar-refractivity contribution is 9.10. The fourth-order valence-electron chi connectivity index (χ4n) is 2.68. The number of para-hydroxylation sites is 1. The van der Waals surface area contributed by atoms with Crippen molar-refractivity contribution in [3.05, 3.63) is 76.5 Å². The Balaban J connectivity index is 1.61. The van der Waals surface area contributed by atoms with Gasteiger partial charge in [-0.05, 0) is 57.7 Å². The van der Waals surface area contributed by atoms with Crippen LogP contribution in [0.2, 0.25) is 0 Å². The van der Waals surface area contributed by atoms with Gasteiger partial charge in [0, 0.05) is 24.5 Å². The topological polar surface area (TPSA) is 56.1 Å². The van der Waals surface area contributed by atoms with Gasteiger partial charge in [0.25, 0.3) is 0 Å². The van der Waals surface area contributed by atoms with Crippen LogP contribution in [0.3, 0.4) is 0 Å². The molecule has 0 radical (unpaired) electrons. The predicted molar refractivity (Wildman–Crippen MR) is 105 cm³/mol. The zero-order valence-corrected chi connectivity index (χ0v) is 16.1. The summed E-state index contributed by atoms with van der Waals surface area (Å²) in [5.74, 6) is 0.774. The molecule has 3 rings (SSSR count). The van der Waals surface area contributed by atoms with Crippen LogP contribution in [0.5, 0.6) is 5.75 Å². The molecule has 0 saturated carbocycles. The summed E-state index contributed by atoms with van der Waals surface area (Å²) in [4.78, 5) is 12.4. The molecule has 0 aliphatic rings. The quantitative estimate of drug-likeness (QED) is 0.628. The van der Waals surface area contributed by atoms with E-state index in [0.717, 1.165) is 27.0 Å². The van der Waals surface area contributed by atoms with E-state index in [1.165, 1.54) is 0 Å². The van der Waals surface area contributed by atoms with Crippen molar-refractivity contribution in [1.29, 1.82) is 0 Å². The molecule has 5 nitrogen and oxygen atoms in total. The number of benzene rings is 2. The Morgan fingerprint density at radius 3 is 2.81 bits per heavy atom. The molecular weight excluding hydrogens is 394 g/mol. The molecule has 2 aromatic carbocycles. The normalized spacial score (nSPS) is 10.5. The van der Waals surface area contributed by atoms with Crippen molar-refractivity contribution >= 4 is 27.5 Å². The minimum Gasteiger partial charge on any atom is -0.496 e. The van der Waals surface area contributed by atoms with E-state index in [2.05, 4.69) is 26.3 Å². The van der Waals surface area contributed by atoms with Gasteiger partial charge in [0.1, 0.15) is 5.75 Å². The summed E-state index contributed by atoms with van der Waals surface area (Å²) in [5.41, 5.74) is 2.93. The third kappa shape index (κ3) is 4.73. The minimum atomic E-state index is -0.00939. The number of amides is 1. The van der Waals surface area contributed by atoms with Gasteiger partial charge in [0.2, 0.25) is 5.91 Å². The molecule has 0 atom stereocenters. The van der Waals surface area contributed by atoms with E-state index in [4.69, 9.17) is 4.74 Å². The molecule has 0 saturated heterocycles. The third-order valence-corrected chi connectivity index (χ3v) is 4.66. The Bertz CT molecular complexity index is 879. The Labute approximate surface area is 161 Å². The first kappa shape index (κ1) is 18.2. The molecule has 1 heterocycles. The van der Waals surface area contributed by atoms with Crippen molar-refractivity contribution in [1.82, 2.24) is 9.78 Å². The van der Waals surface area contributed by atoms with Crippen molar-refractivity contribution < 1.29 is 9.53 Å². The number of hydrogen-bond acceptors (Lipinski definition) is 3. The molecule has 26 heavy (non-hydrogen) atoms. The maximum Gasteiger partial charge on any atom is 0.224 e. The number of anilines is 1. The molecule has 1 N–H and O–H groups in total. The summed E-state index contributed by atoms with van der Waals surface area (Å²) in [6.45, 7) is 0.620. The average molecular weight is 414 g/mol. The molecule has 6 heteroatoms. The zero-order chi connectivity index (χ0) is 18.4. The van der Waals surface area contributed by atoms with Gasteiger partial charge in [0.05, 0.1) is 18.1 Å². The maximum absolute atomic E-state index is 12.4. The van der Waals surface area contributed by atoms with Crippen molar-refractivity contribution in [3.63, 3.8) is 0 Å². The smallest absolute Gasteiger partial charge is 0.224 e. The molecule has 0 spiro atoms. The van der Waals surface area contributed by atoms with Gasteiger partial charge in [-0.1, -0.05) is 24.3 Å². The highest BCUT2D eigenvalue weighted by Gasteiger charge is 2.09. The highest BCUT2D eigenvalue weighted by Crippen LogP contribution is 2.26. The predicted octanol–water partition coefficient (Wildman–Crippen LogP) is 4.27. The standard InChI is InChI=1S/C20H20BrN3O2/c1-26-19-9-7-15(13-17(19)21)8-10-20(25)23-18-6-3-2-5-16(18)14-24-12-4-11-22-24/h2-7,9,11-13H,8,10,14H2,1H3,(H,23,25). The average Bonchev–Trinajstić information content (AvgIpc) is 3.15. The number of carbonyl (C=O) groups excluding carboxylic acids is 1. The van der Waals surface area contributed by atoms with E-state index in [-0.39, 0.29) is 5.91 Å². The van der Waals surface area contributed by atoms with Crippen LogP contribution in [-0.4, -0.2) is 22.8 Å². The van der Waals surface area contributed by atoms with Crippen molar-refractivity contribution in [2.24, 2.45) is 0 Å². The lowest BCUT2D eigenvalue weighted by Gasteiger charge is -2.11. The van der Waals surface area contributed by atoms with Gasteiger partial charge >= 0.3 is 0 Å². The summed E-state index contributed by atoms with van der Waals surface area (Å²) in [7, 11) is 1.63. The van der Waals surface area contributed by atoms with Crippen LogP contribution in [0.15, 0.2) is 65.4 Å². The monoisotopic (exact) mass is 413 g/mol. The second kappa shape index (κ2) is 8.67. The van der Waals surface area contributed by atoms with Gasteiger partial charge in [-0.25, -0.2) is 0 Å². The Hall–Kier alpha value is -2.60. The molecule has 0 unspecified atom stereocenters. The van der Waals surface area contributed by atoms with E-state index < -0.39 is 0 Å². The minimum absolute atomic E-state index is 0.00939. The highest BCUT2D eigenvalue weighted by atomic mass is 79.9. The summed E-state index contributed by atoms with van der Waals surface area (Å²) >= 11 is 3.47. The van der Waals surface area contributed by atoms with Crippen molar-refractivity contribution in [2.75, 3.05) is 12.4 Å². The third-order valence-electron chi connectivity index (χ3n) is 4.04. The number of hydrogen-bond donors (Lipinski definition) is 1. The first-order chi connectivity index (χ1) is 12.7. The van der Waals surface area contributed by atoms with Crippen LogP contribution in [0.1, 0.15) is 17.5 Å². The lowest BCUT2D eigenvalue weighted by atomic mass is 10.1. The number of ether oxygens (including phenoxy) is 1. The number of rotatable bonds is 7. The zero-order valence-electron chi connectivity index (χ0n) is 14.5. The molecule has 0 bridgehead atoms. The van der Waals surface area contributed by atoms with E-state index in [0.29, 0.717) is 19.4 Å². The van der Waals surface area contributed by atoms with Crippen molar-refractivity contribution in [3.8, 4) is 5.75 Å². The van der Waals surface area contributed by atoms with Gasteiger partial charge < -0.3 is 10.1 Å². The molecule has 0 aliphatic carbocycles. The van der Waals surface area contributed by atoms with Crippen LogP contribution in [-0.2, 0) is 17.8 Å². The molecule has 134 valence electrons. The molecule has 1 aromatic heterocycles. The number of methoxy groups -OCH3 is 1. The van der Waals surface area contributed by atoms with Crippen molar-refractivity contribution in [2.45, 2.75) is 19.4 Å². The molecule has 0 fully saturated rings. The van der Waals surface area contributed by atoms with Crippen LogP contribution in [0.25, 0.3) is 0 Å². The first-order valence-corrected chi connectivity index (χ1v) is 9.12. The number of aryl methyl sites for hydroxylation is 1. The maximum atomic E-state index is 12.4. The fourth-order valence-corrected chi connectivity index (χ4v) is 3.27. The Kier molecular flexibility index (Phi) is 6.07. The summed E-state index contributed by atoms with van der Waals surface area (Å²) in [6, 6.07) is 15.5. The summed E-state index contributed by atoms with van der Waals surface area (Å²) in [6.07, 6.45) is 4.72. The van der Waals surface area contributed by atoms with Crippen LogP contribution >= 0.6 is 15.9 Å². The molecule has 1 amide bonds. The van der Waals surface area contributed by atoms with E-state index in [1.807, 2.05) is 59.4 Å². The second-order valence-corrected chi connectivity index (χ2v) is 6.73. The van der Waals surface area contributed by atoms with E-state index in [9.17, 15) is 4.79 Å². The number of nitrogens with one attached hydrogen (secondary N) is 1. The Morgan fingerprint density at radius 2 is 2.08 bits per heavy atom. The largest absolute Gasteiger partial charge is 0.496 e. The Morgan fingerprint density at radius 1 is 1.23 bits per heavy atom. The lowest BCUT2D eigenvalue weighted by molar-refractivity contribution is -0.116. The van der Waals surface area contributed by atoms with Gasteiger partial charge in [-0.3, -0.25) is 9.48 Å². The summed E-state index contributed by atoms with van der Waals surface area (Å²) in [5, 5.41) is 7.23. The van der Waals surface area contributed by atoms with E-state index in [1.54, 1.807) is 13.3 Å². The lowest BCUT2D eigenvalue weighted by Crippen LogP contribution is -2.14. The fraction of sp³-hybridized carbons (Fsp3) is 0.200. The summed E-state index contributed by atoms with van der Waals surface area (Å²) < 4.78 is 7.95. The number of carbonyl (C=O) groups is 1. The number of aromatic nitrogens is 2. The van der Waals surface area contributed by atoms with E-state index >= 15 is 0 Å². The number of halogens is 1. The van der Waals surface area contributed by atoms with Gasteiger partial charge in [-0.15, -0.1) is 0 Å². The SMILES string of the molecule is COc1ccc(CCC(=O)Nc2ccccc2Cn2cccn2)cc1Br. The first-order valence-electron chi connectivity index (χ1n) is 8.33. The molecule has 3 aromatic rings.